The zero-order chi connectivity index (χ0) is 7.98. The summed E-state index contributed by atoms with van der Waals surface area (Å²) >= 11 is 0. The first-order chi connectivity index (χ1) is 4.76. The molecule has 0 spiro atoms. The second-order valence-corrected chi connectivity index (χ2v) is 1.34. The quantitative estimate of drug-likeness (QED) is 0.424. The van der Waals surface area contributed by atoms with Crippen LogP contribution in [0, 0.1) is 9.81 Å². The molecule has 56 valence electrons. The lowest BCUT2D eigenvalue weighted by Crippen LogP contribution is -2.18. The zero-order valence-corrected chi connectivity index (χ0v) is 5.31. The molecule has 6 nitrogen and oxygen atoms in total. The number of esters is 1. The highest BCUT2D eigenvalue weighted by molar-refractivity contribution is 5.75. The van der Waals surface area contributed by atoms with Gasteiger partial charge in [-0.15, -0.1) is 9.81 Å². The minimum atomic E-state index is -1.75. The van der Waals surface area contributed by atoms with E-state index in [0.717, 1.165) is 0 Å². The molecule has 0 aliphatic carbocycles. The number of hydrogen-bond acceptors (Lipinski definition) is 6. The molecule has 0 aromatic carbocycles. The van der Waals surface area contributed by atoms with Crippen LogP contribution in [0.3, 0.4) is 0 Å². The van der Waals surface area contributed by atoms with Crippen molar-refractivity contribution in [1.82, 2.24) is 0 Å². The summed E-state index contributed by atoms with van der Waals surface area (Å²) in [6.07, 6.45) is -1.75. The van der Waals surface area contributed by atoms with Gasteiger partial charge in [-0.25, -0.2) is 4.79 Å². The summed E-state index contributed by atoms with van der Waals surface area (Å²) in [6.45, 7) is 1.64. The normalized spacial score (nSPS) is 9.00. The van der Waals surface area contributed by atoms with Gasteiger partial charge in [0.25, 0.3) is 0 Å². The first-order valence-electron chi connectivity index (χ1n) is 2.57. The first-order valence-corrected chi connectivity index (χ1v) is 2.57. The van der Waals surface area contributed by atoms with Crippen LogP contribution in [0.25, 0.3) is 0 Å². The Morgan fingerprint density at radius 2 is 2.00 bits per heavy atom. The molecule has 0 aliphatic rings. The van der Waals surface area contributed by atoms with Crippen LogP contribution < -0.4 is 0 Å². The summed E-state index contributed by atoms with van der Waals surface area (Å²) in [7, 11) is 0. The number of rotatable bonds is 4. The third-order valence-electron chi connectivity index (χ3n) is 0.697. The molecule has 0 rings (SSSR count). The van der Waals surface area contributed by atoms with Gasteiger partial charge in [0.1, 0.15) is 0 Å². The van der Waals surface area contributed by atoms with Crippen molar-refractivity contribution in [3.8, 4) is 0 Å². The van der Waals surface area contributed by atoms with Crippen molar-refractivity contribution in [2.24, 2.45) is 10.4 Å². The lowest BCUT2D eigenvalue weighted by molar-refractivity contribution is -0.144. The molecule has 0 amide bonds. The van der Waals surface area contributed by atoms with E-state index in [1.54, 1.807) is 6.92 Å². The number of hydrogen-bond donors (Lipinski definition) is 0. The number of nitrogens with zero attached hydrogens (tertiary/aromatic N) is 2. The van der Waals surface area contributed by atoms with E-state index in [0.29, 0.717) is 0 Å². The fourth-order valence-electron chi connectivity index (χ4n) is 0.322. The highest BCUT2D eigenvalue weighted by atomic mass is 16.5. The summed E-state index contributed by atoms with van der Waals surface area (Å²) in [4.78, 5) is 29.6. The first kappa shape index (κ1) is 8.67. The van der Waals surface area contributed by atoms with Crippen LogP contribution in [0.15, 0.2) is 10.4 Å². The van der Waals surface area contributed by atoms with Gasteiger partial charge >= 0.3 is 12.1 Å². The van der Waals surface area contributed by atoms with E-state index in [1.807, 2.05) is 0 Å². The minimum Gasteiger partial charge on any atom is -0.463 e. The average molecular weight is 146 g/mol. The molecule has 0 unspecified atom stereocenters. The molecule has 6 heteroatoms. The molecule has 0 bridgehead atoms. The van der Waals surface area contributed by atoms with E-state index < -0.39 is 12.1 Å². The largest absolute Gasteiger partial charge is 0.463 e. The second-order valence-electron chi connectivity index (χ2n) is 1.34. The van der Waals surface area contributed by atoms with Gasteiger partial charge in [0.15, 0.2) is 0 Å². The van der Waals surface area contributed by atoms with E-state index in [2.05, 4.69) is 15.1 Å². The smallest absolute Gasteiger partial charge is 0.361 e. The van der Waals surface area contributed by atoms with Crippen LogP contribution in [-0.4, -0.2) is 18.7 Å². The standard InChI is InChI=1S/C4H6N2O4/c1-2-10-4(7)3(5-8)6-9/h3H,2H2,1H3. The summed E-state index contributed by atoms with van der Waals surface area (Å²) in [6, 6.07) is 0. The maximum absolute atomic E-state index is 10.4. The maximum atomic E-state index is 10.4. The molecule has 0 aromatic heterocycles. The third-order valence-corrected chi connectivity index (χ3v) is 0.697. The van der Waals surface area contributed by atoms with E-state index in [1.165, 1.54) is 0 Å². The molecule has 0 N–H and O–H groups in total. The summed E-state index contributed by atoms with van der Waals surface area (Å²) in [5, 5.41) is 4.24. The molecule has 0 atom stereocenters. The predicted molar refractivity (Wildman–Crippen MR) is 32.0 cm³/mol. The average Bonchev–Trinajstić information content (AvgIpc) is 1.91. The van der Waals surface area contributed by atoms with Crippen molar-refractivity contribution in [1.29, 1.82) is 0 Å². The van der Waals surface area contributed by atoms with Crippen molar-refractivity contribution in [2.75, 3.05) is 6.61 Å². The van der Waals surface area contributed by atoms with E-state index in [-0.39, 0.29) is 6.61 Å². The van der Waals surface area contributed by atoms with Crippen molar-refractivity contribution in [2.45, 2.75) is 13.1 Å². The molecule has 0 fully saturated rings. The van der Waals surface area contributed by atoms with Crippen molar-refractivity contribution < 1.29 is 9.53 Å². The molecule has 0 saturated carbocycles. The van der Waals surface area contributed by atoms with E-state index in [4.69, 9.17) is 0 Å². The molecule has 0 heterocycles. The topological polar surface area (TPSA) is 85.2 Å². The van der Waals surface area contributed by atoms with Crippen LogP contribution in [0.4, 0.5) is 0 Å². The number of carbonyl (C=O) groups is 1. The molecule has 0 aromatic rings. The van der Waals surface area contributed by atoms with Crippen molar-refractivity contribution in [3.05, 3.63) is 9.81 Å². The number of ether oxygens (including phenoxy) is 1. The zero-order valence-electron chi connectivity index (χ0n) is 5.31. The lowest BCUT2D eigenvalue weighted by Gasteiger charge is -1.98. The maximum Gasteiger partial charge on any atom is 0.361 e. The van der Waals surface area contributed by atoms with Gasteiger partial charge in [0.05, 0.1) is 6.61 Å². The Morgan fingerprint density at radius 1 is 1.50 bits per heavy atom. The van der Waals surface area contributed by atoms with Gasteiger partial charge in [0.2, 0.25) is 0 Å². The number of nitroso groups, excluding NO2 is 2. The molecule has 0 saturated heterocycles. The molecule has 0 aliphatic heterocycles. The fourth-order valence-corrected chi connectivity index (χ4v) is 0.322. The van der Waals surface area contributed by atoms with Gasteiger partial charge in [-0.05, 0) is 17.3 Å². The minimum absolute atomic E-state index is 0.0976. The summed E-state index contributed by atoms with van der Waals surface area (Å²) < 4.78 is 4.26. The van der Waals surface area contributed by atoms with Gasteiger partial charge in [-0.1, -0.05) is 0 Å². The number of carbonyl (C=O) groups excluding carboxylic acids is 1. The Labute approximate surface area is 56.5 Å². The Kier molecular flexibility index (Phi) is 3.94. The van der Waals surface area contributed by atoms with E-state index in [9.17, 15) is 14.6 Å². The van der Waals surface area contributed by atoms with E-state index >= 15 is 0 Å². The molecule has 0 radical (unpaired) electrons. The van der Waals surface area contributed by atoms with Gasteiger partial charge in [0, 0.05) is 0 Å². The Bertz CT molecular complexity index is 138. The second kappa shape index (κ2) is 4.54. The predicted octanol–water partition coefficient (Wildman–Crippen LogP) is 0.408. The molecular formula is C4H6N2O4. The summed E-state index contributed by atoms with van der Waals surface area (Å²) in [5.41, 5.74) is 0. The lowest BCUT2D eigenvalue weighted by atomic mass is 10.5. The van der Waals surface area contributed by atoms with Crippen LogP contribution in [0.2, 0.25) is 0 Å². The highest BCUT2D eigenvalue weighted by Crippen LogP contribution is 1.94. The van der Waals surface area contributed by atoms with Gasteiger partial charge in [-0.2, -0.15) is 0 Å². The highest BCUT2D eigenvalue weighted by Gasteiger charge is 2.20. The Balaban J connectivity index is 3.88. The fraction of sp³-hybridized carbons (Fsp3) is 0.750. The van der Waals surface area contributed by atoms with Crippen LogP contribution in [0.1, 0.15) is 6.92 Å². The Morgan fingerprint density at radius 3 is 2.30 bits per heavy atom. The SMILES string of the molecule is CCOC(=O)C(N=O)N=O. The monoisotopic (exact) mass is 146 g/mol. The summed E-state index contributed by atoms with van der Waals surface area (Å²) in [5.74, 6) is -1.01. The Hall–Kier alpha value is -1.33. The van der Waals surface area contributed by atoms with Gasteiger partial charge < -0.3 is 4.74 Å². The van der Waals surface area contributed by atoms with Crippen molar-refractivity contribution >= 4 is 5.97 Å². The van der Waals surface area contributed by atoms with Crippen molar-refractivity contribution in [3.63, 3.8) is 0 Å². The molecule has 10 heavy (non-hydrogen) atoms. The van der Waals surface area contributed by atoms with Gasteiger partial charge in [-0.3, -0.25) is 0 Å². The molecular weight excluding hydrogens is 140 g/mol. The van der Waals surface area contributed by atoms with Crippen LogP contribution in [-0.2, 0) is 9.53 Å². The third kappa shape index (κ3) is 2.29. The van der Waals surface area contributed by atoms with Crippen LogP contribution >= 0.6 is 0 Å². The van der Waals surface area contributed by atoms with Crippen LogP contribution in [0.5, 0.6) is 0 Å².